The summed E-state index contributed by atoms with van der Waals surface area (Å²) in [7, 11) is 1.88. The van der Waals surface area contributed by atoms with Gasteiger partial charge in [-0.15, -0.1) is 0 Å². The second-order valence-corrected chi connectivity index (χ2v) is 2.79. The van der Waals surface area contributed by atoms with Crippen molar-refractivity contribution in [3.63, 3.8) is 0 Å². The van der Waals surface area contributed by atoms with Gasteiger partial charge in [-0.2, -0.15) is 0 Å². The molecular formula is C11H16N2O2. The molecule has 4 heteroatoms. The number of aldehydes is 2. The summed E-state index contributed by atoms with van der Waals surface area (Å²) in [4.78, 5) is 20.2. The lowest BCUT2D eigenvalue weighted by Gasteiger charge is -1.88. The van der Waals surface area contributed by atoms with Crippen LogP contribution in [-0.2, 0) is 0 Å². The minimum Gasteiger partial charge on any atom is -0.329 e. The van der Waals surface area contributed by atoms with Crippen LogP contribution in [-0.4, -0.2) is 32.7 Å². The Morgan fingerprint density at radius 3 is 1.67 bits per heavy atom. The fraction of sp³-hybridized carbons (Fsp3) is 0.273. The van der Waals surface area contributed by atoms with E-state index in [0.29, 0.717) is 11.1 Å². The number of hydrogen-bond donors (Lipinski definition) is 2. The maximum Gasteiger partial charge on any atom is 0.150 e. The van der Waals surface area contributed by atoms with Crippen LogP contribution in [0.3, 0.4) is 0 Å². The van der Waals surface area contributed by atoms with E-state index in [9.17, 15) is 9.59 Å². The lowest BCUT2D eigenvalue weighted by atomic mass is 10.2. The van der Waals surface area contributed by atoms with Gasteiger partial charge < -0.3 is 11.1 Å². The van der Waals surface area contributed by atoms with Crippen molar-refractivity contribution in [3.8, 4) is 0 Å². The molecule has 0 aliphatic rings. The van der Waals surface area contributed by atoms with Crippen molar-refractivity contribution in [3.05, 3.63) is 35.4 Å². The molecule has 0 saturated heterocycles. The van der Waals surface area contributed by atoms with E-state index < -0.39 is 0 Å². The highest BCUT2D eigenvalue weighted by atomic mass is 16.1. The van der Waals surface area contributed by atoms with Crippen LogP contribution >= 0.6 is 0 Å². The first-order valence-electron chi connectivity index (χ1n) is 4.63. The van der Waals surface area contributed by atoms with Crippen LogP contribution in [0.2, 0.25) is 0 Å². The number of likely N-dealkylation sites (N-methyl/N-ethyl adjacent to an activating group) is 1. The molecule has 1 aromatic rings. The molecule has 0 atom stereocenters. The predicted molar refractivity (Wildman–Crippen MR) is 60.2 cm³/mol. The maximum absolute atomic E-state index is 10.1. The quantitative estimate of drug-likeness (QED) is 0.706. The summed E-state index contributed by atoms with van der Waals surface area (Å²) in [6, 6.07) is 6.43. The average Bonchev–Trinajstić information content (AvgIpc) is 2.31. The van der Waals surface area contributed by atoms with Gasteiger partial charge in [-0.1, -0.05) is 24.3 Å². The summed E-state index contributed by atoms with van der Waals surface area (Å²) < 4.78 is 0. The van der Waals surface area contributed by atoms with Crippen molar-refractivity contribution >= 4 is 12.6 Å². The molecule has 0 fully saturated rings. The molecule has 0 aliphatic carbocycles. The molecule has 0 amide bonds. The molecule has 0 heterocycles. The first kappa shape index (κ1) is 13.5. The number of nitrogens with two attached hydrogens (primary N) is 1. The molecule has 0 bridgehead atoms. The van der Waals surface area contributed by atoms with E-state index in [1.165, 1.54) is 0 Å². The van der Waals surface area contributed by atoms with E-state index in [0.717, 1.165) is 25.7 Å². The summed E-state index contributed by atoms with van der Waals surface area (Å²) >= 11 is 0. The Bertz CT molecular complexity index is 254. The van der Waals surface area contributed by atoms with Gasteiger partial charge in [-0.3, -0.25) is 9.59 Å². The van der Waals surface area contributed by atoms with E-state index in [-0.39, 0.29) is 0 Å². The fourth-order valence-corrected chi connectivity index (χ4v) is 0.797. The topological polar surface area (TPSA) is 72.2 Å². The van der Waals surface area contributed by atoms with Gasteiger partial charge in [0, 0.05) is 24.2 Å². The number of nitrogens with one attached hydrogen (secondary N) is 1. The van der Waals surface area contributed by atoms with Gasteiger partial charge in [0.2, 0.25) is 0 Å². The maximum atomic E-state index is 10.1. The largest absolute Gasteiger partial charge is 0.329 e. The molecule has 3 N–H and O–H groups in total. The van der Waals surface area contributed by atoms with Crippen LogP contribution in [0, 0.1) is 0 Å². The van der Waals surface area contributed by atoms with Crippen molar-refractivity contribution in [1.29, 1.82) is 0 Å². The van der Waals surface area contributed by atoms with E-state index >= 15 is 0 Å². The Hall–Kier alpha value is -1.52. The fourth-order valence-electron chi connectivity index (χ4n) is 0.797. The molecule has 0 aromatic heterocycles. The first-order valence-corrected chi connectivity index (χ1v) is 4.63. The van der Waals surface area contributed by atoms with Gasteiger partial charge >= 0.3 is 0 Å². The van der Waals surface area contributed by atoms with Crippen molar-refractivity contribution in [2.24, 2.45) is 5.73 Å². The third-order valence-electron chi connectivity index (χ3n) is 1.60. The lowest BCUT2D eigenvalue weighted by Crippen LogP contribution is -2.17. The smallest absolute Gasteiger partial charge is 0.150 e. The Morgan fingerprint density at radius 2 is 1.53 bits per heavy atom. The van der Waals surface area contributed by atoms with Crippen molar-refractivity contribution in [2.75, 3.05) is 20.1 Å². The molecule has 82 valence electrons. The van der Waals surface area contributed by atoms with E-state index in [2.05, 4.69) is 5.32 Å². The number of hydrogen-bond acceptors (Lipinski definition) is 4. The predicted octanol–water partition coefficient (Wildman–Crippen LogP) is 0.476. The zero-order valence-corrected chi connectivity index (χ0v) is 8.77. The number of rotatable bonds is 4. The number of carbonyl (C=O) groups excluding carboxylic acids is 2. The van der Waals surface area contributed by atoms with Crippen LogP contribution in [0.4, 0.5) is 0 Å². The van der Waals surface area contributed by atoms with E-state index in [1.54, 1.807) is 24.3 Å². The Morgan fingerprint density at radius 1 is 1.13 bits per heavy atom. The standard InChI is InChI=1S/C8H6O2.C3H10N2/c9-5-7-1-2-8(6-10)4-3-7;1-5-3-2-4/h1-6H;5H,2-4H2,1H3. The summed E-state index contributed by atoms with van der Waals surface area (Å²) in [5.41, 5.74) is 6.25. The van der Waals surface area contributed by atoms with Crippen LogP contribution in [0.5, 0.6) is 0 Å². The van der Waals surface area contributed by atoms with Crippen molar-refractivity contribution in [2.45, 2.75) is 0 Å². The zero-order chi connectivity index (χ0) is 11.5. The molecule has 0 saturated carbocycles. The molecule has 0 spiro atoms. The lowest BCUT2D eigenvalue weighted by molar-refractivity contribution is 0.111. The molecular weight excluding hydrogens is 192 g/mol. The Balaban J connectivity index is 0.000000336. The van der Waals surface area contributed by atoms with Crippen LogP contribution in [0.25, 0.3) is 0 Å². The summed E-state index contributed by atoms with van der Waals surface area (Å²) in [6.07, 6.45) is 1.49. The van der Waals surface area contributed by atoms with E-state index in [4.69, 9.17) is 5.73 Å². The van der Waals surface area contributed by atoms with Gasteiger partial charge in [0.25, 0.3) is 0 Å². The molecule has 0 aliphatic heterocycles. The first-order chi connectivity index (χ1) is 7.28. The van der Waals surface area contributed by atoms with Crippen molar-refractivity contribution < 1.29 is 9.59 Å². The molecule has 15 heavy (non-hydrogen) atoms. The summed E-state index contributed by atoms with van der Waals surface area (Å²) in [5.74, 6) is 0. The second-order valence-electron chi connectivity index (χ2n) is 2.79. The van der Waals surface area contributed by atoms with Gasteiger partial charge in [0.1, 0.15) is 12.6 Å². The summed E-state index contributed by atoms with van der Waals surface area (Å²) in [5, 5.41) is 2.89. The van der Waals surface area contributed by atoms with Gasteiger partial charge in [0.15, 0.2) is 0 Å². The molecule has 1 rings (SSSR count). The molecule has 0 radical (unpaired) electrons. The van der Waals surface area contributed by atoms with Crippen LogP contribution in [0.1, 0.15) is 20.7 Å². The van der Waals surface area contributed by atoms with Crippen LogP contribution < -0.4 is 11.1 Å². The third-order valence-corrected chi connectivity index (χ3v) is 1.60. The normalized spacial score (nSPS) is 8.67. The molecule has 4 nitrogen and oxygen atoms in total. The van der Waals surface area contributed by atoms with Gasteiger partial charge in [-0.05, 0) is 7.05 Å². The van der Waals surface area contributed by atoms with Crippen molar-refractivity contribution in [1.82, 2.24) is 5.32 Å². The Kier molecular flexibility index (Phi) is 8.13. The molecule has 0 unspecified atom stereocenters. The zero-order valence-electron chi connectivity index (χ0n) is 8.77. The van der Waals surface area contributed by atoms with E-state index in [1.807, 2.05) is 7.05 Å². The highest BCUT2D eigenvalue weighted by molar-refractivity contribution is 5.79. The monoisotopic (exact) mass is 208 g/mol. The number of benzene rings is 1. The minimum atomic E-state index is 0.589. The molecule has 1 aromatic carbocycles. The Labute approximate surface area is 89.5 Å². The van der Waals surface area contributed by atoms with Gasteiger partial charge in [0.05, 0.1) is 0 Å². The van der Waals surface area contributed by atoms with Gasteiger partial charge in [-0.25, -0.2) is 0 Å². The summed E-state index contributed by atoms with van der Waals surface area (Å²) in [6.45, 7) is 1.65. The average molecular weight is 208 g/mol. The third kappa shape index (κ3) is 6.54. The highest BCUT2D eigenvalue weighted by Crippen LogP contribution is 1.98. The van der Waals surface area contributed by atoms with Crippen LogP contribution in [0.15, 0.2) is 24.3 Å². The minimum absolute atomic E-state index is 0.589. The second kappa shape index (κ2) is 9.05. The highest BCUT2D eigenvalue weighted by Gasteiger charge is 1.88. The number of carbonyl (C=O) groups is 2. The SMILES string of the molecule is CNCCN.O=Cc1ccc(C=O)cc1.